The van der Waals surface area contributed by atoms with E-state index in [1.165, 1.54) is 24.0 Å². The van der Waals surface area contributed by atoms with Crippen LogP contribution in [0.5, 0.6) is 0 Å². The van der Waals surface area contributed by atoms with Crippen molar-refractivity contribution < 1.29 is 19.3 Å². The Morgan fingerprint density at radius 1 is 1.25 bits per heavy atom. The number of hydrogen-bond donors (Lipinski definition) is 1. The van der Waals surface area contributed by atoms with Crippen molar-refractivity contribution in [1.82, 2.24) is 4.90 Å². The Morgan fingerprint density at radius 3 is 2.79 bits per heavy atom. The highest BCUT2D eigenvalue weighted by atomic mass is 16.7. The SMILES string of the molecule is COC1C(CN2CCc3ccccc3C2)OC(OCC2CC2)C1O. The van der Waals surface area contributed by atoms with Crippen molar-refractivity contribution in [3.63, 3.8) is 0 Å². The van der Waals surface area contributed by atoms with Crippen LogP contribution in [0.2, 0.25) is 0 Å². The molecule has 2 heterocycles. The largest absolute Gasteiger partial charge is 0.385 e. The molecule has 1 N–H and O–H groups in total. The number of fused-ring (bicyclic) bond motifs is 1. The summed E-state index contributed by atoms with van der Waals surface area (Å²) in [4.78, 5) is 2.38. The van der Waals surface area contributed by atoms with Crippen molar-refractivity contribution in [2.75, 3.05) is 26.8 Å². The lowest BCUT2D eigenvalue weighted by atomic mass is 9.99. The summed E-state index contributed by atoms with van der Waals surface area (Å²) in [7, 11) is 1.64. The van der Waals surface area contributed by atoms with E-state index in [0.717, 1.165) is 26.1 Å². The van der Waals surface area contributed by atoms with Gasteiger partial charge in [-0.15, -0.1) is 0 Å². The Balaban J connectivity index is 1.36. The maximum Gasteiger partial charge on any atom is 0.186 e. The summed E-state index contributed by atoms with van der Waals surface area (Å²) in [5, 5.41) is 10.4. The highest BCUT2D eigenvalue weighted by Gasteiger charge is 2.45. The molecule has 0 aromatic heterocycles. The lowest BCUT2D eigenvalue weighted by molar-refractivity contribution is -0.169. The molecule has 24 heavy (non-hydrogen) atoms. The van der Waals surface area contributed by atoms with E-state index >= 15 is 0 Å². The molecule has 5 nitrogen and oxygen atoms in total. The summed E-state index contributed by atoms with van der Waals surface area (Å²) < 4.78 is 17.3. The van der Waals surface area contributed by atoms with Crippen LogP contribution in [-0.2, 0) is 27.2 Å². The van der Waals surface area contributed by atoms with Gasteiger partial charge in [-0.3, -0.25) is 4.90 Å². The summed E-state index contributed by atoms with van der Waals surface area (Å²) in [5.74, 6) is 0.652. The second kappa shape index (κ2) is 7.10. The van der Waals surface area contributed by atoms with E-state index in [9.17, 15) is 5.11 Å². The highest BCUT2D eigenvalue weighted by Crippen LogP contribution is 2.32. The lowest BCUT2D eigenvalue weighted by Gasteiger charge is -2.31. The van der Waals surface area contributed by atoms with Gasteiger partial charge >= 0.3 is 0 Å². The third kappa shape index (κ3) is 3.51. The minimum Gasteiger partial charge on any atom is -0.385 e. The van der Waals surface area contributed by atoms with Gasteiger partial charge in [0.15, 0.2) is 6.29 Å². The first kappa shape index (κ1) is 16.5. The Morgan fingerprint density at radius 2 is 2.04 bits per heavy atom. The van der Waals surface area contributed by atoms with E-state index in [4.69, 9.17) is 14.2 Å². The monoisotopic (exact) mass is 333 g/mol. The van der Waals surface area contributed by atoms with Gasteiger partial charge in [0.25, 0.3) is 0 Å². The van der Waals surface area contributed by atoms with E-state index in [-0.39, 0.29) is 12.2 Å². The van der Waals surface area contributed by atoms with Crippen LogP contribution in [0.15, 0.2) is 24.3 Å². The zero-order chi connectivity index (χ0) is 16.5. The van der Waals surface area contributed by atoms with Crippen molar-refractivity contribution in [1.29, 1.82) is 0 Å². The van der Waals surface area contributed by atoms with Crippen molar-refractivity contribution in [2.45, 2.75) is 50.4 Å². The fraction of sp³-hybridized carbons (Fsp3) is 0.684. The zero-order valence-electron chi connectivity index (χ0n) is 14.3. The number of benzene rings is 1. The first-order valence-corrected chi connectivity index (χ1v) is 9.01. The van der Waals surface area contributed by atoms with Crippen LogP contribution in [0.3, 0.4) is 0 Å². The van der Waals surface area contributed by atoms with Gasteiger partial charge in [0.2, 0.25) is 0 Å². The lowest BCUT2D eigenvalue weighted by Crippen LogP contribution is -2.43. The molecular formula is C19H27NO4. The Bertz CT molecular complexity index is 562. The quantitative estimate of drug-likeness (QED) is 0.856. The van der Waals surface area contributed by atoms with Crippen LogP contribution in [0.1, 0.15) is 24.0 Å². The minimum atomic E-state index is -0.712. The summed E-state index contributed by atoms with van der Waals surface area (Å²) in [5.41, 5.74) is 2.83. The molecule has 2 aliphatic heterocycles. The standard InChI is InChI=1S/C19H27NO4/c1-22-18-16(24-19(17(18)21)23-12-13-6-7-13)11-20-9-8-14-4-2-3-5-15(14)10-20/h2-5,13,16-19,21H,6-12H2,1H3. The molecule has 1 aromatic carbocycles. The molecule has 4 atom stereocenters. The molecule has 4 rings (SSSR count). The molecule has 0 bridgehead atoms. The van der Waals surface area contributed by atoms with Crippen molar-refractivity contribution in [3.8, 4) is 0 Å². The predicted octanol–water partition coefficient (Wildman–Crippen LogP) is 1.57. The first-order chi connectivity index (χ1) is 11.7. The second-order valence-electron chi connectivity index (χ2n) is 7.26. The minimum absolute atomic E-state index is 0.153. The summed E-state index contributed by atoms with van der Waals surface area (Å²) in [6.45, 7) is 3.38. The molecule has 2 fully saturated rings. The normalized spacial score (nSPS) is 33.6. The Labute approximate surface area is 143 Å². The molecule has 5 heteroatoms. The van der Waals surface area contributed by atoms with E-state index in [1.54, 1.807) is 7.11 Å². The van der Waals surface area contributed by atoms with Crippen LogP contribution >= 0.6 is 0 Å². The molecular weight excluding hydrogens is 306 g/mol. The molecule has 3 aliphatic rings. The van der Waals surface area contributed by atoms with Gasteiger partial charge in [0, 0.05) is 26.7 Å². The Kier molecular flexibility index (Phi) is 4.88. The molecule has 0 amide bonds. The maximum absolute atomic E-state index is 10.4. The van der Waals surface area contributed by atoms with Crippen LogP contribution in [0.25, 0.3) is 0 Å². The third-order valence-electron chi connectivity index (χ3n) is 5.40. The molecule has 0 radical (unpaired) electrons. The number of aliphatic hydroxyl groups excluding tert-OH is 1. The number of aliphatic hydroxyl groups is 1. The van der Waals surface area contributed by atoms with E-state index in [1.807, 2.05) is 0 Å². The van der Waals surface area contributed by atoms with E-state index in [0.29, 0.717) is 12.5 Å². The topological polar surface area (TPSA) is 51.2 Å². The molecule has 1 saturated carbocycles. The smallest absolute Gasteiger partial charge is 0.186 e. The Hall–Kier alpha value is -0.980. The van der Waals surface area contributed by atoms with Gasteiger partial charge in [0.05, 0.1) is 6.61 Å². The number of nitrogens with zero attached hydrogens (tertiary/aromatic N) is 1. The van der Waals surface area contributed by atoms with Crippen LogP contribution in [0.4, 0.5) is 0 Å². The van der Waals surface area contributed by atoms with Gasteiger partial charge in [-0.05, 0) is 36.3 Å². The number of ether oxygens (including phenoxy) is 3. The summed E-state index contributed by atoms with van der Waals surface area (Å²) in [6.07, 6.45) is 1.77. The van der Waals surface area contributed by atoms with Gasteiger partial charge < -0.3 is 19.3 Å². The fourth-order valence-electron chi connectivity index (χ4n) is 3.76. The van der Waals surface area contributed by atoms with Gasteiger partial charge in [-0.2, -0.15) is 0 Å². The first-order valence-electron chi connectivity index (χ1n) is 9.01. The molecule has 1 aliphatic carbocycles. The van der Waals surface area contributed by atoms with Gasteiger partial charge in [0.1, 0.15) is 18.3 Å². The van der Waals surface area contributed by atoms with E-state index in [2.05, 4.69) is 29.2 Å². The third-order valence-corrected chi connectivity index (χ3v) is 5.40. The zero-order valence-corrected chi connectivity index (χ0v) is 14.3. The molecule has 1 aromatic rings. The van der Waals surface area contributed by atoms with Crippen LogP contribution in [-0.4, -0.2) is 61.4 Å². The maximum atomic E-state index is 10.4. The number of rotatable bonds is 6. The van der Waals surface area contributed by atoms with Crippen LogP contribution in [0, 0.1) is 5.92 Å². The van der Waals surface area contributed by atoms with Crippen molar-refractivity contribution >= 4 is 0 Å². The van der Waals surface area contributed by atoms with Crippen molar-refractivity contribution in [3.05, 3.63) is 35.4 Å². The highest BCUT2D eigenvalue weighted by molar-refractivity contribution is 5.29. The van der Waals surface area contributed by atoms with E-state index < -0.39 is 12.4 Å². The molecule has 132 valence electrons. The fourth-order valence-corrected chi connectivity index (χ4v) is 3.76. The molecule has 0 spiro atoms. The average Bonchev–Trinajstić information content (AvgIpc) is 3.38. The van der Waals surface area contributed by atoms with Gasteiger partial charge in [-0.1, -0.05) is 24.3 Å². The van der Waals surface area contributed by atoms with Crippen LogP contribution < -0.4 is 0 Å². The molecule has 1 saturated heterocycles. The molecule has 4 unspecified atom stereocenters. The number of methoxy groups -OCH3 is 1. The van der Waals surface area contributed by atoms with Crippen molar-refractivity contribution in [2.24, 2.45) is 5.92 Å². The second-order valence-corrected chi connectivity index (χ2v) is 7.26. The number of hydrogen-bond acceptors (Lipinski definition) is 5. The summed E-state index contributed by atoms with van der Waals surface area (Å²) in [6, 6.07) is 8.61. The predicted molar refractivity (Wildman–Crippen MR) is 89.6 cm³/mol. The summed E-state index contributed by atoms with van der Waals surface area (Å²) >= 11 is 0. The average molecular weight is 333 g/mol. The van der Waals surface area contributed by atoms with Gasteiger partial charge in [-0.25, -0.2) is 0 Å².